The van der Waals surface area contributed by atoms with Gasteiger partial charge in [0.25, 0.3) is 0 Å². The standard InChI is InChI=1S/C21H25.C8H8.C5H5.2ClH.Ti/c1-20(2,3)16-9-7-14-11-15-8-10-17(21(4,5)6)13-19(15)18(14)12-16;1-2-8-6-4-3-5-7-8;1-2-4-5-3-1;;;/h7,9-10,12-13H,11H2,1-6H3;3-7H,1H3;1-3H,4H2;2*1H;/q-1;;-1;;;+2/p-2. The van der Waals surface area contributed by atoms with Crippen LogP contribution < -0.4 is 24.8 Å². The molecule has 2 aliphatic rings. The number of halogens is 2. The first-order chi connectivity index (χ1) is 16.5. The van der Waals surface area contributed by atoms with E-state index in [9.17, 15) is 0 Å². The van der Waals surface area contributed by atoms with Gasteiger partial charge in [0.1, 0.15) is 0 Å². The minimum atomic E-state index is 0. The molecular formula is C34H38Cl2Ti-2. The zero-order chi connectivity index (χ0) is 25.6. The predicted molar refractivity (Wildman–Crippen MR) is 149 cm³/mol. The Morgan fingerprint density at radius 2 is 1.43 bits per heavy atom. The number of hydrogen-bond acceptors (Lipinski definition) is 0. The molecule has 0 radical (unpaired) electrons. The van der Waals surface area contributed by atoms with Gasteiger partial charge in [-0.2, -0.15) is 35.4 Å². The Labute approximate surface area is 249 Å². The van der Waals surface area contributed by atoms with Gasteiger partial charge in [-0.05, 0) is 17.4 Å². The molecule has 0 saturated carbocycles. The summed E-state index contributed by atoms with van der Waals surface area (Å²) in [6.07, 6.45) is 11.0. The van der Waals surface area contributed by atoms with Crippen molar-refractivity contribution in [3.63, 3.8) is 0 Å². The topological polar surface area (TPSA) is 0 Å². The minimum Gasteiger partial charge on any atom is -1.00 e. The molecule has 5 rings (SSSR count). The van der Waals surface area contributed by atoms with E-state index >= 15 is 0 Å². The number of fused-ring (bicyclic) bond motifs is 3. The number of allylic oxidation sites excluding steroid dienone is 4. The first-order valence-corrected chi connectivity index (χ1v) is 13.3. The van der Waals surface area contributed by atoms with Gasteiger partial charge >= 0.3 is 66.6 Å². The van der Waals surface area contributed by atoms with E-state index in [4.69, 9.17) is 0 Å². The van der Waals surface area contributed by atoms with Crippen LogP contribution in [0.4, 0.5) is 0 Å². The van der Waals surface area contributed by atoms with Crippen molar-refractivity contribution in [2.45, 2.75) is 72.1 Å². The third-order valence-electron chi connectivity index (χ3n) is 6.32. The molecule has 194 valence electrons. The molecule has 0 atom stereocenters. The molecule has 0 saturated heterocycles. The molecule has 0 N–H and O–H groups in total. The quantitative estimate of drug-likeness (QED) is 0.246. The maximum atomic E-state index is 3.53. The van der Waals surface area contributed by atoms with Gasteiger partial charge in [0.05, 0.1) is 0 Å². The summed E-state index contributed by atoms with van der Waals surface area (Å²) in [6.45, 7) is 15.8. The van der Waals surface area contributed by atoms with Gasteiger partial charge in [0.15, 0.2) is 0 Å². The van der Waals surface area contributed by atoms with Crippen LogP contribution >= 0.6 is 0 Å². The maximum absolute atomic E-state index is 3.53. The van der Waals surface area contributed by atoms with Crippen LogP contribution in [0, 0.1) is 12.1 Å². The molecule has 0 aliphatic heterocycles. The molecule has 3 heteroatoms. The molecular weight excluding hydrogens is 527 g/mol. The summed E-state index contributed by atoms with van der Waals surface area (Å²) < 4.78 is 1.37. The van der Waals surface area contributed by atoms with Crippen LogP contribution in [0.5, 0.6) is 0 Å². The average molecular weight is 565 g/mol. The van der Waals surface area contributed by atoms with Crippen molar-refractivity contribution in [3.05, 3.63) is 119 Å². The second kappa shape index (κ2) is 14.5. The van der Waals surface area contributed by atoms with Crippen molar-refractivity contribution in [2.24, 2.45) is 0 Å². The van der Waals surface area contributed by atoms with E-state index in [-0.39, 0.29) is 35.6 Å². The van der Waals surface area contributed by atoms with E-state index < -0.39 is 0 Å². The Kier molecular flexibility index (Phi) is 13.0. The van der Waals surface area contributed by atoms with Crippen molar-refractivity contribution >= 4 is 3.81 Å². The summed E-state index contributed by atoms with van der Waals surface area (Å²) in [5, 5.41) is 0. The number of hydrogen-bond donors (Lipinski definition) is 0. The summed E-state index contributed by atoms with van der Waals surface area (Å²) in [5.41, 5.74) is 10.1. The molecule has 3 aromatic rings. The van der Waals surface area contributed by atoms with Gasteiger partial charge in [-0.3, -0.25) is 6.08 Å². The Bertz CT molecular complexity index is 1150. The first kappa shape index (κ1) is 33.3. The molecule has 3 aromatic carbocycles. The van der Waals surface area contributed by atoms with Crippen LogP contribution in [0.2, 0.25) is 0 Å². The first-order valence-electron chi connectivity index (χ1n) is 12.5. The largest absolute Gasteiger partial charge is 1.00 e. The molecule has 0 bridgehead atoms. The molecule has 0 amide bonds. The van der Waals surface area contributed by atoms with Crippen molar-refractivity contribution in [1.29, 1.82) is 0 Å². The zero-order valence-electron chi connectivity index (χ0n) is 23.2. The fourth-order valence-corrected chi connectivity index (χ4v) is 4.27. The summed E-state index contributed by atoms with van der Waals surface area (Å²) in [4.78, 5) is 0. The second-order valence-electron chi connectivity index (χ2n) is 11.3. The van der Waals surface area contributed by atoms with Gasteiger partial charge in [0, 0.05) is 0 Å². The molecule has 2 aliphatic carbocycles. The smallest absolute Gasteiger partial charge is 0.109 e. The number of benzene rings is 3. The predicted octanol–water partition coefficient (Wildman–Crippen LogP) is 2.74. The molecule has 0 aromatic heterocycles. The van der Waals surface area contributed by atoms with Gasteiger partial charge in [0.2, 0.25) is 0 Å². The SMILES string of the molecule is CC(C)(C)c1c[c-]c2c(c1)-c1cc(C(C)(C)C)ccc1C2.C[C](=[Ti+2])c1ccccc1.[C-]1=CC=CC1.[Cl-].[Cl-]. The van der Waals surface area contributed by atoms with Crippen molar-refractivity contribution in [2.75, 3.05) is 0 Å². The van der Waals surface area contributed by atoms with Crippen molar-refractivity contribution in [3.8, 4) is 11.1 Å². The van der Waals surface area contributed by atoms with Crippen LogP contribution in [0.3, 0.4) is 0 Å². The normalized spacial score (nSPS) is 12.6. The van der Waals surface area contributed by atoms with Crippen molar-refractivity contribution < 1.29 is 44.8 Å². The Morgan fingerprint density at radius 1 is 0.811 bits per heavy atom. The van der Waals surface area contributed by atoms with E-state index in [1.807, 2.05) is 18.2 Å². The average Bonchev–Trinajstić information content (AvgIpc) is 3.50. The Hall–Kier alpha value is -1.70. The molecule has 0 nitrogen and oxygen atoms in total. The van der Waals surface area contributed by atoms with E-state index in [0.717, 1.165) is 12.8 Å². The molecule has 0 unspecified atom stereocenters. The van der Waals surface area contributed by atoms with Gasteiger partial charge < -0.3 is 24.8 Å². The monoisotopic (exact) mass is 564 g/mol. The minimum absolute atomic E-state index is 0. The van der Waals surface area contributed by atoms with E-state index in [1.54, 1.807) is 0 Å². The van der Waals surface area contributed by atoms with E-state index in [1.165, 1.54) is 42.8 Å². The Balaban J connectivity index is 0.000000354. The molecule has 37 heavy (non-hydrogen) atoms. The van der Waals surface area contributed by atoms with Crippen LogP contribution in [0.25, 0.3) is 11.1 Å². The van der Waals surface area contributed by atoms with Gasteiger partial charge in [-0.1, -0.05) is 76.3 Å². The number of rotatable bonds is 1. The van der Waals surface area contributed by atoms with Crippen LogP contribution in [0.15, 0.2) is 78.9 Å². The fourth-order valence-electron chi connectivity index (χ4n) is 4.01. The molecule has 0 fully saturated rings. The van der Waals surface area contributed by atoms with Crippen LogP contribution in [0.1, 0.15) is 82.7 Å². The third-order valence-corrected chi connectivity index (χ3v) is 6.77. The van der Waals surface area contributed by atoms with Crippen LogP contribution in [-0.4, -0.2) is 3.81 Å². The van der Waals surface area contributed by atoms with E-state index in [0.29, 0.717) is 0 Å². The molecule has 0 heterocycles. The van der Waals surface area contributed by atoms with Crippen molar-refractivity contribution in [1.82, 2.24) is 0 Å². The van der Waals surface area contributed by atoms with Crippen LogP contribution in [-0.2, 0) is 37.2 Å². The second-order valence-corrected chi connectivity index (χ2v) is 12.5. The summed E-state index contributed by atoms with van der Waals surface area (Å²) in [7, 11) is 0. The van der Waals surface area contributed by atoms with Gasteiger partial charge in [-0.15, -0.1) is 12.0 Å². The van der Waals surface area contributed by atoms with E-state index in [2.05, 4.69) is 141 Å². The summed E-state index contributed by atoms with van der Waals surface area (Å²) in [5.74, 6) is 0. The third kappa shape index (κ3) is 9.53. The maximum Gasteiger partial charge on any atom is -0.109 e. The summed E-state index contributed by atoms with van der Waals surface area (Å²) >= 11 is 2.12. The van der Waals surface area contributed by atoms with Gasteiger partial charge in [-0.25, -0.2) is 12.2 Å². The molecule has 0 spiro atoms. The zero-order valence-corrected chi connectivity index (χ0v) is 26.2. The fraction of sp³-hybridized carbons (Fsp3) is 0.324. The Morgan fingerprint density at radius 3 is 1.89 bits per heavy atom. The summed E-state index contributed by atoms with van der Waals surface area (Å²) in [6, 6.07) is 25.5.